The molecule has 11 nitrogen and oxygen atoms in total. The summed E-state index contributed by atoms with van der Waals surface area (Å²) in [6.45, 7) is -0.408. The van der Waals surface area contributed by atoms with Gasteiger partial charge in [-0.2, -0.15) is 0 Å². The fourth-order valence-corrected chi connectivity index (χ4v) is 4.31. The van der Waals surface area contributed by atoms with Crippen LogP contribution < -0.4 is 11.2 Å². The van der Waals surface area contributed by atoms with E-state index >= 15 is 0 Å². The van der Waals surface area contributed by atoms with Gasteiger partial charge in [0.1, 0.15) is 12.7 Å². The van der Waals surface area contributed by atoms with E-state index in [-0.39, 0.29) is 16.7 Å². The zero-order valence-corrected chi connectivity index (χ0v) is 21.5. The summed E-state index contributed by atoms with van der Waals surface area (Å²) in [5, 5.41) is 0. The molecule has 0 spiro atoms. The number of aromatic nitrogens is 2. The van der Waals surface area contributed by atoms with E-state index in [0.29, 0.717) is 0 Å². The standard InChI is InChI=1S/C30H24N2O9/c33-23-16-17-32(30(37)31-23)26-25(41-29(36)21-14-8-3-9-15-21)24(40-28(35)20-12-6-2-7-13-20)22(39-26)18-38-27(34)19-10-4-1-5-11-19/h1-17,22,24-26H,18H2,(H,31,33,37)/t22-,24-,25-,26-/m1/s1/i1+1,2+1,3+1. The molecule has 1 aliphatic heterocycles. The van der Waals surface area contributed by atoms with Gasteiger partial charge < -0.3 is 18.9 Å². The van der Waals surface area contributed by atoms with Crippen molar-refractivity contribution in [1.29, 1.82) is 0 Å². The zero-order chi connectivity index (χ0) is 28.8. The quantitative estimate of drug-likeness (QED) is 0.255. The van der Waals surface area contributed by atoms with Gasteiger partial charge in [-0.3, -0.25) is 14.3 Å². The molecule has 1 aromatic heterocycles. The summed E-state index contributed by atoms with van der Waals surface area (Å²) in [5.74, 6) is -2.19. The molecule has 0 amide bonds. The van der Waals surface area contributed by atoms with E-state index in [0.717, 1.165) is 10.6 Å². The first-order chi connectivity index (χ1) is 19.9. The van der Waals surface area contributed by atoms with Gasteiger partial charge >= 0.3 is 23.6 Å². The van der Waals surface area contributed by atoms with Crippen LogP contribution in [0.25, 0.3) is 0 Å². The number of ether oxygens (including phenoxy) is 4. The number of hydrogen-bond acceptors (Lipinski definition) is 9. The van der Waals surface area contributed by atoms with Crippen molar-refractivity contribution in [2.24, 2.45) is 0 Å². The molecular weight excluding hydrogens is 535 g/mol. The Hall–Kier alpha value is -5.29. The fourth-order valence-electron chi connectivity index (χ4n) is 4.31. The first-order valence-electron chi connectivity index (χ1n) is 12.6. The average molecular weight is 560 g/mol. The summed E-state index contributed by atoms with van der Waals surface area (Å²) < 4.78 is 24.1. The Morgan fingerprint density at radius 1 is 0.683 bits per heavy atom. The first-order valence-corrected chi connectivity index (χ1v) is 12.6. The highest BCUT2D eigenvalue weighted by atomic mass is 16.7. The molecule has 1 aliphatic rings. The number of hydrogen-bond donors (Lipinski definition) is 1. The molecule has 5 rings (SSSR count). The topological polar surface area (TPSA) is 143 Å². The second-order valence-corrected chi connectivity index (χ2v) is 9.02. The Morgan fingerprint density at radius 3 is 1.68 bits per heavy atom. The van der Waals surface area contributed by atoms with Crippen molar-refractivity contribution in [1.82, 2.24) is 9.55 Å². The maximum absolute atomic E-state index is 13.1. The van der Waals surface area contributed by atoms with Gasteiger partial charge in [-0.05, 0) is 36.4 Å². The summed E-state index contributed by atoms with van der Waals surface area (Å²) in [6, 6.07) is 25.5. The molecule has 41 heavy (non-hydrogen) atoms. The lowest BCUT2D eigenvalue weighted by Gasteiger charge is -2.25. The van der Waals surface area contributed by atoms with Gasteiger partial charge in [-0.25, -0.2) is 19.2 Å². The smallest absolute Gasteiger partial charge is 0.338 e. The molecule has 0 saturated carbocycles. The van der Waals surface area contributed by atoms with Gasteiger partial charge in [-0.15, -0.1) is 0 Å². The Kier molecular flexibility index (Phi) is 8.16. The summed E-state index contributed by atoms with van der Waals surface area (Å²) in [6.07, 6.45) is -4.03. The minimum atomic E-state index is -1.38. The lowest BCUT2D eigenvalue weighted by atomic mass is 10.1. The minimum Gasteiger partial charge on any atom is -0.459 e. The highest BCUT2D eigenvalue weighted by Crippen LogP contribution is 2.34. The lowest BCUT2D eigenvalue weighted by Crippen LogP contribution is -2.43. The molecule has 11 heteroatoms. The number of carbonyl (C=O) groups is 3. The predicted molar refractivity (Wildman–Crippen MR) is 143 cm³/mol. The van der Waals surface area contributed by atoms with Crippen LogP contribution in [-0.4, -0.2) is 52.4 Å². The summed E-state index contributed by atoms with van der Waals surface area (Å²) in [4.78, 5) is 65.5. The molecule has 1 N–H and O–H groups in total. The van der Waals surface area contributed by atoms with E-state index in [9.17, 15) is 24.0 Å². The predicted octanol–water partition coefficient (Wildman–Crippen LogP) is 2.74. The molecule has 0 radical (unpaired) electrons. The third-order valence-electron chi connectivity index (χ3n) is 6.30. The van der Waals surface area contributed by atoms with E-state index in [4.69, 9.17) is 18.9 Å². The van der Waals surface area contributed by atoms with Crippen molar-refractivity contribution in [2.75, 3.05) is 6.61 Å². The Bertz CT molecular complexity index is 1640. The van der Waals surface area contributed by atoms with E-state index in [1.807, 2.05) is 0 Å². The van der Waals surface area contributed by atoms with Gasteiger partial charge in [0.2, 0.25) is 0 Å². The van der Waals surface area contributed by atoms with Gasteiger partial charge in [0, 0.05) is 12.3 Å². The largest absolute Gasteiger partial charge is 0.459 e. The maximum atomic E-state index is 13.1. The van der Waals surface area contributed by atoms with Crippen molar-refractivity contribution in [3.05, 3.63) is 141 Å². The van der Waals surface area contributed by atoms with Crippen LogP contribution in [0.5, 0.6) is 0 Å². The van der Waals surface area contributed by atoms with E-state index in [1.165, 1.54) is 30.5 Å². The number of nitrogens with one attached hydrogen (secondary N) is 1. The van der Waals surface area contributed by atoms with Crippen LogP contribution in [0.1, 0.15) is 37.3 Å². The second kappa shape index (κ2) is 12.3. The molecular formula is C30H24N2O9. The van der Waals surface area contributed by atoms with Crippen LogP contribution in [0, 0.1) is 0 Å². The summed E-state index contributed by atoms with van der Waals surface area (Å²) in [5.41, 5.74) is -0.804. The van der Waals surface area contributed by atoms with Gasteiger partial charge in [0.25, 0.3) is 5.56 Å². The maximum Gasteiger partial charge on any atom is 0.338 e. The van der Waals surface area contributed by atoms with Crippen LogP contribution in [0.15, 0.2) is 113 Å². The molecule has 0 aliphatic carbocycles. The zero-order valence-electron chi connectivity index (χ0n) is 21.5. The van der Waals surface area contributed by atoms with Gasteiger partial charge in [-0.1, -0.05) is 54.6 Å². The molecule has 0 bridgehead atoms. The molecule has 4 atom stereocenters. The normalized spacial score (nSPS) is 19.7. The highest BCUT2D eigenvalue weighted by Gasteiger charge is 2.51. The number of rotatable bonds is 8. The number of esters is 3. The van der Waals surface area contributed by atoms with E-state index in [2.05, 4.69) is 4.98 Å². The summed E-state index contributed by atoms with van der Waals surface area (Å²) in [7, 11) is 0. The lowest BCUT2D eigenvalue weighted by molar-refractivity contribution is -0.0640. The van der Waals surface area contributed by atoms with Crippen molar-refractivity contribution < 1.29 is 33.3 Å². The number of H-pyrrole nitrogens is 1. The Balaban J connectivity index is 1.50. The number of carbonyl (C=O) groups excluding carboxylic acids is 3. The number of benzene rings is 3. The number of nitrogens with zero attached hydrogens (tertiary/aromatic N) is 1. The van der Waals surface area contributed by atoms with Gasteiger partial charge in [0.15, 0.2) is 18.4 Å². The fraction of sp³-hybridized carbons (Fsp3) is 0.167. The van der Waals surface area contributed by atoms with Crippen molar-refractivity contribution in [2.45, 2.75) is 24.5 Å². The minimum absolute atomic E-state index is 0.201. The summed E-state index contributed by atoms with van der Waals surface area (Å²) >= 11 is 0. The van der Waals surface area contributed by atoms with E-state index < -0.39 is 60.3 Å². The molecule has 4 aromatic rings. The molecule has 0 unspecified atom stereocenters. The third kappa shape index (κ3) is 6.31. The van der Waals surface area contributed by atoms with Crippen LogP contribution >= 0.6 is 0 Å². The van der Waals surface area contributed by atoms with Crippen LogP contribution in [-0.2, 0) is 18.9 Å². The van der Waals surface area contributed by atoms with Crippen LogP contribution in [0.2, 0.25) is 0 Å². The molecule has 1 fully saturated rings. The van der Waals surface area contributed by atoms with Crippen LogP contribution in [0.4, 0.5) is 0 Å². The van der Waals surface area contributed by atoms with Crippen molar-refractivity contribution in [3.8, 4) is 0 Å². The number of aromatic amines is 1. The molecule has 208 valence electrons. The Morgan fingerprint density at radius 2 is 1.17 bits per heavy atom. The van der Waals surface area contributed by atoms with Crippen molar-refractivity contribution >= 4 is 17.9 Å². The molecule has 2 heterocycles. The van der Waals surface area contributed by atoms with Gasteiger partial charge in [0.05, 0.1) is 16.7 Å². The van der Waals surface area contributed by atoms with Crippen LogP contribution in [0.3, 0.4) is 0 Å². The monoisotopic (exact) mass is 559 g/mol. The van der Waals surface area contributed by atoms with E-state index in [1.54, 1.807) is 66.7 Å². The molecule has 3 aromatic carbocycles. The van der Waals surface area contributed by atoms with Crippen molar-refractivity contribution in [3.63, 3.8) is 0 Å². The first kappa shape index (κ1) is 27.3. The average Bonchev–Trinajstić information content (AvgIpc) is 3.33. The highest BCUT2D eigenvalue weighted by molar-refractivity contribution is 5.91. The molecule has 1 saturated heterocycles. The Labute approximate surface area is 232 Å². The second-order valence-electron chi connectivity index (χ2n) is 9.02. The SMILES string of the molecule is O=C(OC[C@H]1O[C@@H](n2ccc(=O)[nH]c2=O)[C@H](OC(=O)c2cc[13cH]cc2)[C@@H]1OC(=O)c1cc[13cH]cc1)c1cc[13cH]cc1. The third-order valence-corrected chi connectivity index (χ3v) is 6.30.